The highest BCUT2D eigenvalue weighted by molar-refractivity contribution is 5.68. The summed E-state index contributed by atoms with van der Waals surface area (Å²) in [6.45, 7) is 9.26. The summed E-state index contributed by atoms with van der Waals surface area (Å²) in [5, 5.41) is 0. The van der Waals surface area contributed by atoms with E-state index in [1.807, 2.05) is 11.9 Å². The minimum absolute atomic E-state index is 0.0779. The average molecular weight is 365 g/mol. The summed E-state index contributed by atoms with van der Waals surface area (Å²) < 4.78 is 6.13. The number of amides is 1. The Hall–Kier alpha value is -0.770. The minimum Gasteiger partial charge on any atom is -0.446 e. The van der Waals surface area contributed by atoms with Crippen LogP contribution in [0, 0.1) is 17.8 Å². The molecule has 0 spiro atoms. The lowest BCUT2D eigenvalue weighted by molar-refractivity contribution is -0.0205. The van der Waals surface area contributed by atoms with E-state index in [1.54, 1.807) is 0 Å². The number of likely N-dealkylation sites (tertiary alicyclic amines) is 1. The standard InChI is InChI=1S/C22H40N2O2/c1-16(2)18-12-11-17(3)15-21(18)26-22(25)23(4)19-9-5-6-10-20(19)24-13-7-8-14-24/h16-21H,5-15H2,1-4H3/t17?,18?,19-,20+,21?/m0/s1. The molecule has 2 aliphatic carbocycles. The van der Waals surface area contributed by atoms with Gasteiger partial charge in [0.2, 0.25) is 0 Å². The smallest absolute Gasteiger partial charge is 0.410 e. The van der Waals surface area contributed by atoms with Gasteiger partial charge in [0.1, 0.15) is 6.10 Å². The zero-order valence-electron chi connectivity index (χ0n) is 17.5. The molecule has 3 unspecified atom stereocenters. The predicted octanol–water partition coefficient (Wildman–Crippen LogP) is 4.92. The third kappa shape index (κ3) is 4.55. The number of likely N-dealkylation sites (N-methyl/N-ethyl adjacent to an activating group) is 1. The zero-order valence-corrected chi connectivity index (χ0v) is 17.5. The van der Waals surface area contributed by atoms with E-state index in [-0.39, 0.29) is 12.2 Å². The number of carbonyl (C=O) groups excluding carboxylic acids is 1. The van der Waals surface area contributed by atoms with E-state index < -0.39 is 0 Å². The topological polar surface area (TPSA) is 32.8 Å². The van der Waals surface area contributed by atoms with Crippen molar-refractivity contribution in [2.75, 3.05) is 20.1 Å². The van der Waals surface area contributed by atoms with Gasteiger partial charge in [-0.1, -0.05) is 40.0 Å². The quantitative estimate of drug-likeness (QED) is 0.709. The molecule has 3 rings (SSSR count). The Kier molecular flexibility index (Phi) is 6.87. The van der Waals surface area contributed by atoms with Gasteiger partial charge in [-0.25, -0.2) is 4.79 Å². The Bertz CT molecular complexity index is 461. The summed E-state index contributed by atoms with van der Waals surface area (Å²) >= 11 is 0. The van der Waals surface area contributed by atoms with Gasteiger partial charge in [0.15, 0.2) is 0 Å². The van der Waals surface area contributed by atoms with Gasteiger partial charge in [0.05, 0.1) is 6.04 Å². The lowest BCUT2D eigenvalue weighted by atomic mass is 9.75. The fourth-order valence-electron chi connectivity index (χ4n) is 5.64. The Morgan fingerprint density at radius 2 is 1.73 bits per heavy atom. The van der Waals surface area contributed by atoms with Crippen LogP contribution in [0.15, 0.2) is 0 Å². The molecule has 0 aromatic carbocycles. The van der Waals surface area contributed by atoms with Crippen LogP contribution >= 0.6 is 0 Å². The van der Waals surface area contributed by atoms with Gasteiger partial charge < -0.3 is 9.64 Å². The van der Waals surface area contributed by atoms with Crippen molar-refractivity contribution in [2.24, 2.45) is 17.8 Å². The Morgan fingerprint density at radius 3 is 2.42 bits per heavy atom. The second-order valence-corrected chi connectivity index (χ2v) is 9.52. The molecule has 3 aliphatic rings. The van der Waals surface area contributed by atoms with Crippen LogP contribution in [0.5, 0.6) is 0 Å². The van der Waals surface area contributed by atoms with Gasteiger partial charge in [0.25, 0.3) is 0 Å². The molecule has 1 heterocycles. The molecule has 26 heavy (non-hydrogen) atoms. The third-order valence-electron chi connectivity index (χ3n) is 7.30. The van der Waals surface area contributed by atoms with E-state index in [4.69, 9.17) is 4.74 Å². The number of ether oxygens (including phenoxy) is 1. The predicted molar refractivity (Wildman–Crippen MR) is 106 cm³/mol. The number of rotatable bonds is 4. The summed E-state index contributed by atoms with van der Waals surface area (Å²) in [5.41, 5.74) is 0. The molecule has 1 aliphatic heterocycles. The van der Waals surface area contributed by atoms with Crippen LogP contribution in [-0.2, 0) is 4.74 Å². The first kappa shape index (κ1) is 20.0. The normalized spacial score (nSPS) is 36.3. The highest BCUT2D eigenvalue weighted by atomic mass is 16.6. The number of hydrogen-bond donors (Lipinski definition) is 0. The van der Waals surface area contributed by atoms with Crippen molar-refractivity contribution in [1.82, 2.24) is 9.80 Å². The average Bonchev–Trinajstić information content (AvgIpc) is 3.15. The highest BCUT2D eigenvalue weighted by Crippen LogP contribution is 2.36. The molecule has 2 saturated carbocycles. The molecule has 150 valence electrons. The summed E-state index contributed by atoms with van der Waals surface area (Å²) in [5.74, 6) is 1.77. The van der Waals surface area contributed by atoms with Gasteiger partial charge in [-0.3, -0.25) is 4.90 Å². The number of carbonyl (C=O) groups is 1. The van der Waals surface area contributed by atoms with Gasteiger partial charge in [-0.15, -0.1) is 0 Å². The van der Waals surface area contributed by atoms with Crippen LogP contribution in [0.2, 0.25) is 0 Å². The Morgan fingerprint density at radius 1 is 1.04 bits per heavy atom. The lowest BCUT2D eigenvalue weighted by Gasteiger charge is -2.43. The molecule has 0 aromatic rings. The third-order valence-corrected chi connectivity index (χ3v) is 7.30. The molecular formula is C22H40N2O2. The molecule has 1 saturated heterocycles. The van der Waals surface area contributed by atoms with Crippen LogP contribution < -0.4 is 0 Å². The van der Waals surface area contributed by atoms with Gasteiger partial charge >= 0.3 is 6.09 Å². The van der Waals surface area contributed by atoms with Crippen molar-refractivity contribution in [2.45, 2.75) is 96.7 Å². The second-order valence-electron chi connectivity index (χ2n) is 9.52. The van der Waals surface area contributed by atoms with Crippen molar-refractivity contribution in [1.29, 1.82) is 0 Å². The molecule has 4 heteroatoms. The molecule has 0 aromatic heterocycles. The first-order valence-corrected chi connectivity index (χ1v) is 11.1. The fraction of sp³-hybridized carbons (Fsp3) is 0.955. The van der Waals surface area contributed by atoms with E-state index in [1.165, 1.54) is 58.0 Å². The number of hydrogen-bond acceptors (Lipinski definition) is 3. The van der Waals surface area contributed by atoms with Crippen LogP contribution in [0.25, 0.3) is 0 Å². The Labute approximate surface area is 160 Å². The molecule has 0 radical (unpaired) electrons. The van der Waals surface area contributed by atoms with E-state index in [2.05, 4.69) is 25.7 Å². The number of nitrogens with zero attached hydrogens (tertiary/aromatic N) is 2. The maximum atomic E-state index is 13.0. The van der Waals surface area contributed by atoms with Crippen LogP contribution in [0.1, 0.15) is 78.6 Å². The largest absolute Gasteiger partial charge is 0.446 e. The first-order valence-electron chi connectivity index (χ1n) is 11.1. The second kappa shape index (κ2) is 8.95. The lowest BCUT2D eigenvalue weighted by Crippen LogP contribution is -2.54. The molecule has 5 atom stereocenters. The first-order chi connectivity index (χ1) is 12.5. The van der Waals surface area contributed by atoms with Crippen molar-refractivity contribution in [3.8, 4) is 0 Å². The summed E-state index contributed by atoms with van der Waals surface area (Å²) in [6.07, 6.45) is 11.0. The van der Waals surface area contributed by atoms with Crippen LogP contribution in [-0.4, -0.2) is 54.2 Å². The molecule has 4 nitrogen and oxygen atoms in total. The molecule has 0 bridgehead atoms. The minimum atomic E-state index is -0.0779. The highest BCUT2D eigenvalue weighted by Gasteiger charge is 2.38. The molecule has 0 N–H and O–H groups in total. The summed E-state index contributed by atoms with van der Waals surface area (Å²) in [4.78, 5) is 17.6. The summed E-state index contributed by atoms with van der Waals surface area (Å²) in [7, 11) is 1.98. The molecule has 1 amide bonds. The van der Waals surface area contributed by atoms with Crippen LogP contribution in [0.4, 0.5) is 4.79 Å². The molecular weight excluding hydrogens is 324 g/mol. The van der Waals surface area contributed by atoms with Gasteiger partial charge in [0, 0.05) is 13.1 Å². The monoisotopic (exact) mass is 364 g/mol. The summed E-state index contributed by atoms with van der Waals surface area (Å²) in [6, 6.07) is 0.864. The van der Waals surface area contributed by atoms with Crippen molar-refractivity contribution in [3.63, 3.8) is 0 Å². The molecule has 3 fully saturated rings. The van der Waals surface area contributed by atoms with E-state index >= 15 is 0 Å². The zero-order chi connectivity index (χ0) is 18.7. The maximum absolute atomic E-state index is 13.0. The fourth-order valence-corrected chi connectivity index (χ4v) is 5.64. The maximum Gasteiger partial charge on any atom is 0.410 e. The van der Waals surface area contributed by atoms with Crippen molar-refractivity contribution < 1.29 is 9.53 Å². The van der Waals surface area contributed by atoms with E-state index in [0.29, 0.717) is 29.8 Å². The van der Waals surface area contributed by atoms with E-state index in [9.17, 15) is 4.79 Å². The van der Waals surface area contributed by atoms with Gasteiger partial charge in [-0.2, -0.15) is 0 Å². The van der Waals surface area contributed by atoms with Crippen molar-refractivity contribution >= 4 is 6.09 Å². The van der Waals surface area contributed by atoms with E-state index in [0.717, 1.165) is 12.8 Å². The van der Waals surface area contributed by atoms with Crippen LogP contribution in [0.3, 0.4) is 0 Å². The SMILES string of the molecule is CC1CCC(C(C)C)C(OC(=O)N(C)[C@H]2CCCC[C@H]2N2CCCC2)C1. The Balaban J connectivity index is 1.63. The van der Waals surface area contributed by atoms with Crippen molar-refractivity contribution in [3.05, 3.63) is 0 Å². The van der Waals surface area contributed by atoms with Gasteiger partial charge in [-0.05, 0) is 69.4 Å².